The summed E-state index contributed by atoms with van der Waals surface area (Å²) in [7, 11) is -2.47. The largest absolute Gasteiger partial charge is 0.495 e. The average molecular weight is 442 g/mol. The van der Waals surface area contributed by atoms with Gasteiger partial charge in [0.15, 0.2) is 0 Å². The monoisotopic (exact) mass is 442 g/mol. The quantitative estimate of drug-likeness (QED) is 0.483. The predicted molar refractivity (Wildman–Crippen MR) is 118 cm³/mol. The number of carbonyl (C=O) groups is 1. The molecule has 1 amide bonds. The molecule has 0 saturated carbocycles. The summed E-state index contributed by atoms with van der Waals surface area (Å²) in [6, 6.07) is 14.1. The lowest BCUT2D eigenvalue weighted by Gasteiger charge is -2.13. The number of rotatable bonds is 9. The van der Waals surface area contributed by atoms with E-state index in [9.17, 15) is 13.2 Å². The van der Waals surface area contributed by atoms with Crippen LogP contribution in [0.25, 0.3) is 6.08 Å². The minimum absolute atomic E-state index is 0.0347. The fraction of sp³-hybridized carbons (Fsp3) is 0.136. The summed E-state index contributed by atoms with van der Waals surface area (Å²) < 4.78 is 43.8. The molecular formula is C22H22N2O6S. The number of methoxy groups -OCH3 is 1. The number of hydrogen-bond acceptors (Lipinski definition) is 6. The third kappa shape index (κ3) is 5.89. The Balaban J connectivity index is 1.78. The molecule has 0 saturated heterocycles. The van der Waals surface area contributed by atoms with Crippen molar-refractivity contribution in [3.8, 4) is 11.5 Å². The van der Waals surface area contributed by atoms with E-state index in [4.69, 9.17) is 13.9 Å². The summed E-state index contributed by atoms with van der Waals surface area (Å²) in [5, 5.41) is 2.62. The maximum Gasteiger partial charge on any atom is 0.261 e. The van der Waals surface area contributed by atoms with Crippen LogP contribution in [0.15, 0.2) is 76.2 Å². The molecule has 162 valence electrons. The molecule has 1 heterocycles. The van der Waals surface area contributed by atoms with Crippen LogP contribution in [0.5, 0.6) is 11.5 Å². The van der Waals surface area contributed by atoms with Crippen molar-refractivity contribution < 1.29 is 27.1 Å². The first-order valence-electron chi connectivity index (χ1n) is 9.37. The topological polar surface area (TPSA) is 107 Å². The van der Waals surface area contributed by atoms with E-state index in [-0.39, 0.29) is 10.6 Å². The zero-order chi connectivity index (χ0) is 22.3. The van der Waals surface area contributed by atoms with Crippen molar-refractivity contribution in [1.29, 1.82) is 0 Å². The van der Waals surface area contributed by atoms with E-state index in [1.165, 1.54) is 43.7 Å². The summed E-state index contributed by atoms with van der Waals surface area (Å²) in [5.74, 6) is 1.00. The molecule has 0 unspecified atom stereocenters. The van der Waals surface area contributed by atoms with Crippen molar-refractivity contribution in [3.63, 3.8) is 0 Å². The highest BCUT2D eigenvalue weighted by atomic mass is 32.2. The van der Waals surface area contributed by atoms with E-state index in [0.29, 0.717) is 29.6 Å². The second-order valence-corrected chi connectivity index (χ2v) is 7.95. The fourth-order valence-corrected chi connectivity index (χ4v) is 3.75. The molecule has 0 aliphatic carbocycles. The highest BCUT2D eigenvalue weighted by Crippen LogP contribution is 2.29. The van der Waals surface area contributed by atoms with Gasteiger partial charge in [0.05, 0.1) is 30.6 Å². The van der Waals surface area contributed by atoms with E-state index in [2.05, 4.69) is 10.0 Å². The van der Waals surface area contributed by atoms with E-state index in [0.717, 1.165) is 0 Å². The molecule has 2 aromatic carbocycles. The van der Waals surface area contributed by atoms with Crippen LogP contribution in [-0.4, -0.2) is 28.0 Å². The number of nitrogens with one attached hydrogen (secondary N) is 2. The normalized spacial score (nSPS) is 11.3. The summed E-state index contributed by atoms with van der Waals surface area (Å²) in [6.07, 6.45) is 4.26. The van der Waals surface area contributed by atoms with Crippen LogP contribution in [0.4, 0.5) is 11.4 Å². The van der Waals surface area contributed by atoms with Gasteiger partial charge in [-0.05, 0) is 67.6 Å². The Morgan fingerprint density at radius 3 is 2.55 bits per heavy atom. The number of amides is 1. The summed E-state index contributed by atoms with van der Waals surface area (Å²) in [5.41, 5.74) is 0.595. The first kappa shape index (κ1) is 22.0. The lowest BCUT2D eigenvalue weighted by molar-refractivity contribution is -0.111. The number of ether oxygens (including phenoxy) is 2. The molecule has 3 rings (SSSR count). The van der Waals surface area contributed by atoms with Gasteiger partial charge in [0.25, 0.3) is 10.0 Å². The number of hydrogen-bond donors (Lipinski definition) is 2. The van der Waals surface area contributed by atoms with Crippen molar-refractivity contribution in [2.45, 2.75) is 11.8 Å². The van der Waals surface area contributed by atoms with Crippen molar-refractivity contribution in [2.24, 2.45) is 0 Å². The Morgan fingerprint density at radius 1 is 1.13 bits per heavy atom. The highest BCUT2D eigenvalue weighted by Gasteiger charge is 2.17. The zero-order valence-corrected chi connectivity index (χ0v) is 17.8. The summed E-state index contributed by atoms with van der Waals surface area (Å²) in [4.78, 5) is 12.2. The van der Waals surface area contributed by atoms with E-state index in [1.807, 2.05) is 6.92 Å². The molecule has 0 radical (unpaired) electrons. The Morgan fingerprint density at radius 2 is 1.90 bits per heavy atom. The molecular weight excluding hydrogens is 420 g/mol. The molecule has 31 heavy (non-hydrogen) atoms. The van der Waals surface area contributed by atoms with Gasteiger partial charge in [0, 0.05) is 11.8 Å². The number of furan rings is 1. The molecule has 0 fully saturated rings. The van der Waals surface area contributed by atoms with Gasteiger partial charge in [0.2, 0.25) is 5.91 Å². The lowest BCUT2D eigenvalue weighted by Crippen LogP contribution is -2.14. The molecule has 9 heteroatoms. The molecule has 0 aliphatic heterocycles. The van der Waals surface area contributed by atoms with Crippen molar-refractivity contribution >= 4 is 33.4 Å². The van der Waals surface area contributed by atoms with Gasteiger partial charge < -0.3 is 19.2 Å². The second kappa shape index (κ2) is 9.86. The molecule has 0 bridgehead atoms. The standard InChI is InChI=1S/C22H22N2O6S/c1-3-29-18-8-6-16(7-9-18)24-31(26,27)19-11-12-21(28-2)20(15-19)23-22(25)13-10-17-5-4-14-30-17/h4-15,24H,3H2,1-2H3,(H,23,25)/b13-10-. The number of benzene rings is 2. The van der Waals surface area contributed by atoms with Crippen molar-refractivity contribution in [1.82, 2.24) is 0 Å². The lowest BCUT2D eigenvalue weighted by atomic mass is 10.3. The molecule has 2 N–H and O–H groups in total. The van der Waals surface area contributed by atoms with Crippen molar-refractivity contribution in [2.75, 3.05) is 23.8 Å². The zero-order valence-electron chi connectivity index (χ0n) is 17.0. The van der Waals surface area contributed by atoms with Gasteiger partial charge in [-0.1, -0.05) is 0 Å². The van der Waals surface area contributed by atoms with Gasteiger partial charge in [-0.25, -0.2) is 8.42 Å². The van der Waals surface area contributed by atoms with Crippen LogP contribution >= 0.6 is 0 Å². The van der Waals surface area contributed by atoms with Crippen molar-refractivity contribution in [3.05, 3.63) is 72.7 Å². The van der Waals surface area contributed by atoms with E-state index in [1.54, 1.807) is 36.4 Å². The maximum atomic E-state index is 12.8. The smallest absolute Gasteiger partial charge is 0.261 e. The first-order chi connectivity index (χ1) is 14.9. The maximum absolute atomic E-state index is 12.8. The van der Waals surface area contributed by atoms with Crippen LogP contribution in [0.2, 0.25) is 0 Å². The molecule has 0 aliphatic rings. The van der Waals surface area contributed by atoms with Crippen LogP contribution in [0, 0.1) is 0 Å². The minimum atomic E-state index is -3.90. The van der Waals surface area contributed by atoms with Crippen LogP contribution in [0.1, 0.15) is 12.7 Å². The second-order valence-electron chi connectivity index (χ2n) is 6.26. The Bertz CT molecular complexity index is 1150. The number of carbonyl (C=O) groups excluding carboxylic acids is 1. The SMILES string of the molecule is CCOc1ccc(NS(=O)(=O)c2ccc(OC)c(NC(=O)/C=C\c3ccco3)c2)cc1. The van der Waals surface area contributed by atoms with Gasteiger partial charge in [0.1, 0.15) is 17.3 Å². The van der Waals surface area contributed by atoms with Gasteiger partial charge in [-0.2, -0.15) is 0 Å². The van der Waals surface area contributed by atoms with Gasteiger partial charge in [-0.3, -0.25) is 9.52 Å². The Kier molecular flexibility index (Phi) is 6.99. The van der Waals surface area contributed by atoms with Crippen LogP contribution in [-0.2, 0) is 14.8 Å². The summed E-state index contributed by atoms with van der Waals surface area (Å²) in [6.45, 7) is 2.38. The molecule has 1 aromatic heterocycles. The predicted octanol–water partition coefficient (Wildman–Crippen LogP) is 4.14. The molecule has 8 nitrogen and oxygen atoms in total. The van der Waals surface area contributed by atoms with Gasteiger partial charge >= 0.3 is 0 Å². The Hall–Kier alpha value is -3.72. The van der Waals surface area contributed by atoms with Crippen LogP contribution in [0.3, 0.4) is 0 Å². The third-order valence-corrected chi connectivity index (χ3v) is 5.48. The molecule has 0 spiro atoms. The van der Waals surface area contributed by atoms with Gasteiger partial charge in [-0.15, -0.1) is 0 Å². The third-order valence-electron chi connectivity index (χ3n) is 4.10. The van der Waals surface area contributed by atoms with E-state index < -0.39 is 15.9 Å². The fourth-order valence-electron chi connectivity index (χ4n) is 2.67. The minimum Gasteiger partial charge on any atom is -0.495 e. The van der Waals surface area contributed by atoms with Crippen LogP contribution < -0.4 is 19.5 Å². The average Bonchev–Trinajstić information content (AvgIpc) is 3.27. The number of sulfonamides is 1. The van der Waals surface area contributed by atoms with E-state index >= 15 is 0 Å². The first-order valence-corrected chi connectivity index (χ1v) is 10.9. The molecule has 3 aromatic rings. The molecule has 0 atom stereocenters. The Labute approximate surface area is 180 Å². The highest BCUT2D eigenvalue weighted by molar-refractivity contribution is 7.92. The number of anilines is 2. The summed E-state index contributed by atoms with van der Waals surface area (Å²) >= 11 is 0.